The topological polar surface area (TPSA) is 19.6 Å². The summed E-state index contributed by atoms with van der Waals surface area (Å²) in [6.07, 6.45) is 6.19. The van der Waals surface area contributed by atoms with Crippen LogP contribution in [0.4, 0.5) is 34.1 Å². The van der Waals surface area contributed by atoms with Crippen molar-refractivity contribution < 1.29 is 11.3 Å². The van der Waals surface area contributed by atoms with E-state index < -0.39 is 12.0 Å². The number of rotatable bonds is 5. The monoisotopic (exact) mass is 1040 g/mol. The molecule has 1 atom stereocenters. The summed E-state index contributed by atoms with van der Waals surface area (Å²) in [5.41, 5.74) is 20.9. The van der Waals surface area contributed by atoms with E-state index in [0.717, 1.165) is 106 Å². The molecule has 0 N–H and O–H groups in total. The Morgan fingerprint density at radius 2 is 1.01 bits per heavy atom. The zero-order valence-corrected chi connectivity index (χ0v) is 50.8. The highest BCUT2D eigenvalue weighted by molar-refractivity contribution is 6.99. The van der Waals surface area contributed by atoms with Crippen molar-refractivity contribution in [2.45, 2.75) is 219 Å². The highest BCUT2D eigenvalue weighted by atomic mass is 16.3. The smallest absolute Gasteiger partial charge is 0.297 e. The molecule has 2 aliphatic heterocycles. The first-order valence-electron chi connectivity index (χ1n) is 32.0. The summed E-state index contributed by atoms with van der Waals surface area (Å²) in [5.74, 6) is 0.282. The van der Waals surface area contributed by atoms with Crippen LogP contribution < -0.4 is 26.4 Å². The Labute approximate surface area is 477 Å². The van der Waals surface area contributed by atoms with Crippen LogP contribution in [0.5, 0.6) is 0 Å². The van der Waals surface area contributed by atoms with Crippen LogP contribution in [-0.2, 0) is 43.3 Å². The summed E-state index contributed by atoms with van der Waals surface area (Å²) >= 11 is 0. The molecule has 404 valence electrons. The van der Waals surface area contributed by atoms with Gasteiger partial charge in [-0.25, -0.2) is 0 Å². The lowest BCUT2D eigenvalue weighted by Gasteiger charge is -2.47. The molecule has 5 aliphatic rings. The molecule has 78 heavy (non-hydrogen) atoms. The van der Waals surface area contributed by atoms with Gasteiger partial charge in [0.1, 0.15) is 5.76 Å². The average molecular weight is 1040 g/mol. The van der Waals surface area contributed by atoms with Gasteiger partial charge in [0.25, 0.3) is 6.71 Å². The second-order valence-corrected chi connectivity index (χ2v) is 30.7. The van der Waals surface area contributed by atoms with Crippen molar-refractivity contribution in [1.82, 2.24) is 0 Å². The van der Waals surface area contributed by atoms with Crippen LogP contribution in [0.3, 0.4) is 0 Å². The number of hydrogen-bond acceptors (Lipinski definition) is 3. The van der Waals surface area contributed by atoms with Crippen molar-refractivity contribution in [3.63, 3.8) is 0 Å². The van der Waals surface area contributed by atoms with Crippen molar-refractivity contribution in [2.75, 3.05) is 9.80 Å². The molecule has 3 nitrogen and oxygen atoms in total. The largest absolute Gasteiger partial charge is 0.472 e. The Balaban J connectivity index is 1.29. The number of furan rings is 1. The third-order valence-corrected chi connectivity index (χ3v) is 20.2. The molecule has 1 unspecified atom stereocenters. The van der Waals surface area contributed by atoms with E-state index in [1.165, 1.54) is 44.4 Å². The van der Waals surface area contributed by atoms with Crippen molar-refractivity contribution in [3.8, 4) is 0 Å². The summed E-state index contributed by atoms with van der Waals surface area (Å²) in [4.78, 5) is 5.07. The van der Waals surface area contributed by atoms with E-state index in [4.69, 9.17) is 5.79 Å². The van der Waals surface area contributed by atoms with Gasteiger partial charge >= 0.3 is 0 Å². The van der Waals surface area contributed by atoms with E-state index in [0.29, 0.717) is 0 Å². The third kappa shape index (κ3) is 8.16. The normalized spacial score (nSPS) is 21.1. The zero-order chi connectivity index (χ0) is 60.2. The molecule has 0 bridgehead atoms. The van der Waals surface area contributed by atoms with Crippen LogP contribution in [0.15, 0.2) is 120 Å². The lowest BCUT2D eigenvalue weighted by atomic mass is 9.35. The Morgan fingerprint density at radius 3 is 1.60 bits per heavy atom. The number of anilines is 6. The van der Waals surface area contributed by atoms with Gasteiger partial charge in [-0.2, -0.15) is 0 Å². The maximum absolute atomic E-state index is 9.95. The highest BCUT2D eigenvalue weighted by Crippen LogP contribution is 2.57. The number of fused-ring (bicyclic) bond motifs is 8. The second kappa shape index (κ2) is 17.1. The molecule has 3 aliphatic carbocycles. The number of hydrogen-bond donors (Lipinski definition) is 0. The van der Waals surface area contributed by atoms with Gasteiger partial charge in [0.2, 0.25) is 0 Å². The fraction of sp³-hybridized carbons (Fsp3) is 0.459. The standard InChI is InChI=1S/C74H89BN2O/c1-45-39-50(68(5,6)7)28-32-57(45)77-58-44-55-54(71(12,13)35-36-72(55,14)15)43-56(58)75-63-59(76(51-29-26-49(27-30-51)67(2,3)4)64-62-65(78-66(64)75)74(18,19)38-37-73(62,16)17)41-48(42-60(63)77)61(46-23-21-20-22-24-46)47-25-31-52-53(40-47)70(10,11)34-33-69(52,8)9/h20-32,39-44,61H,33-38H2,1-19H3/i20D,21D,22D,23D,24D. The molecule has 4 heteroatoms. The predicted molar refractivity (Wildman–Crippen MR) is 335 cm³/mol. The lowest BCUT2D eigenvalue weighted by molar-refractivity contribution is 0.282. The average Bonchev–Trinajstić information content (AvgIpc) is 1.73. The van der Waals surface area contributed by atoms with Crippen LogP contribution in [0.25, 0.3) is 0 Å². The Bertz CT molecular complexity index is 3850. The summed E-state index contributed by atoms with van der Waals surface area (Å²) in [6, 6.07) is 31.5. The number of nitrogens with zero attached hydrogens (tertiary/aromatic N) is 2. The first-order valence-corrected chi connectivity index (χ1v) is 29.5. The zero-order valence-electron chi connectivity index (χ0n) is 55.8. The van der Waals surface area contributed by atoms with Gasteiger partial charge in [0.15, 0.2) is 0 Å². The minimum absolute atomic E-state index is 0.0648. The minimum atomic E-state index is -0.772. The van der Waals surface area contributed by atoms with Gasteiger partial charge in [0, 0.05) is 45.3 Å². The van der Waals surface area contributed by atoms with Crippen molar-refractivity contribution in [3.05, 3.63) is 182 Å². The minimum Gasteiger partial charge on any atom is -0.472 e. The molecule has 0 spiro atoms. The molecule has 12 rings (SSSR count). The maximum atomic E-state index is 9.95. The fourth-order valence-corrected chi connectivity index (χ4v) is 14.8. The van der Waals surface area contributed by atoms with Crippen LogP contribution in [0.1, 0.15) is 243 Å². The van der Waals surface area contributed by atoms with Crippen molar-refractivity contribution in [1.29, 1.82) is 0 Å². The van der Waals surface area contributed by atoms with Gasteiger partial charge in [-0.1, -0.05) is 203 Å². The molecule has 6 aromatic carbocycles. The van der Waals surface area contributed by atoms with E-state index in [2.05, 4.69) is 226 Å². The summed E-state index contributed by atoms with van der Waals surface area (Å²) in [6.45, 7) is 44.2. The maximum Gasteiger partial charge on any atom is 0.297 e. The van der Waals surface area contributed by atoms with Gasteiger partial charge in [-0.15, -0.1) is 0 Å². The van der Waals surface area contributed by atoms with Crippen LogP contribution in [0, 0.1) is 6.92 Å². The second-order valence-electron chi connectivity index (χ2n) is 30.7. The van der Waals surface area contributed by atoms with E-state index in [9.17, 15) is 5.48 Å². The fourth-order valence-electron chi connectivity index (χ4n) is 14.8. The first kappa shape index (κ1) is 47.1. The van der Waals surface area contributed by atoms with Crippen LogP contribution in [-0.4, -0.2) is 6.71 Å². The molecule has 3 heterocycles. The first-order chi connectivity index (χ1) is 38.4. The van der Waals surface area contributed by atoms with Gasteiger partial charge in [0.05, 0.1) is 18.2 Å². The van der Waals surface area contributed by atoms with E-state index in [1.807, 2.05) is 0 Å². The van der Waals surface area contributed by atoms with Gasteiger partial charge < -0.3 is 14.2 Å². The van der Waals surface area contributed by atoms with E-state index in [-0.39, 0.29) is 79.8 Å². The third-order valence-electron chi connectivity index (χ3n) is 20.2. The SMILES string of the molecule is [2H]c1c([2H])c([2H])c(C(c2cc3c4c(c2)N(c2ccc(C(C)(C)C)cc2)c2c(oc5c2C(C)(C)CCC5(C)C)B4c2cc4c(cc2N3c2ccc(C(C)(C)C)cc2C)C(C)(C)CCC4(C)C)c2ccc3c(c2)C(C)(C)CCC3(C)C)c([2H])c1[2H]. The highest BCUT2D eigenvalue weighted by Gasteiger charge is 2.54. The van der Waals surface area contributed by atoms with Crippen molar-refractivity contribution in [2.24, 2.45) is 0 Å². The Hall–Kier alpha value is -5.74. The molecule has 0 fully saturated rings. The number of aryl methyl sites for hydroxylation is 1. The van der Waals surface area contributed by atoms with E-state index in [1.54, 1.807) is 0 Å². The Kier molecular flexibility index (Phi) is 10.4. The van der Waals surface area contributed by atoms with Crippen molar-refractivity contribution >= 4 is 57.4 Å². The number of benzene rings is 6. The Morgan fingerprint density at radius 1 is 0.487 bits per heavy atom. The molecule has 0 saturated heterocycles. The predicted octanol–water partition coefficient (Wildman–Crippen LogP) is 18.5. The molecule has 0 radical (unpaired) electrons. The molecule has 0 saturated carbocycles. The summed E-state index contributed by atoms with van der Waals surface area (Å²) in [7, 11) is 0. The molecule has 7 aromatic rings. The molecular formula is C74H89BN2O. The van der Waals surface area contributed by atoms with Gasteiger partial charge in [-0.05, 0) is 186 Å². The van der Waals surface area contributed by atoms with Crippen LogP contribution in [0.2, 0.25) is 0 Å². The molecular weight excluding hydrogens is 944 g/mol. The lowest BCUT2D eigenvalue weighted by Crippen LogP contribution is -2.61. The van der Waals surface area contributed by atoms with E-state index >= 15 is 0 Å². The summed E-state index contributed by atoms with van der Waals surface area (Å²) in [5, 5.41) is 0. The van der Waals surface area contributed by atoms with Gasteiger partial charge in [-0.3, -0.25) is 0 Å². The molecule has 0 amide bonds. The van der Waals surface area contributed by atoms with Crippen LogP contribution >= 0.6 is 0 Å². The summed E-state index contributed by atoms with van der Waals surface area (Å²) < 4.78 is 55.4. The quantitative estimate of drug-likeness (QED) is 0.127. The molecule has 1 aromatic heterocycles.